The lowest BCUT2D eigenvalue weighted by Gasteiger charge is -2.25. The summed E-state index contributed by atoms with van der Waals surface area (Å²) in [5.74, 6) is 0. The number of carbonyl (C=O) groups excluding carboxylic acids is 1. The van der Waals surface area contributed by atoms with E-state index in [1.165, 1.54) is 5.56 Å². The number of fused-ring (bicyclic) bond motifs is 1. The third-order valence-corrected chi connectivity index (χ3v) is 4.87. The number of pyridine rings is 1. The summed E-state index contributed by atoms with van der Waals surface area (Å²) >= 11 is 1.15. The van der Waals surface area contributed by atoms with Gasteiger partial charge in [0.2, 0.25) is 0 Å². The van der Waals surface area contributed by atoms with E-state index in [4.69, 9.17) is 0 Å². The predicted molar refractivity (Wildman–Crippen MR) is 101 cm³/mol. The van der Waals surface area contributed by atoms with Crippen molar-refractivity contribution in [3.05, 3.63) is 47.3 Å². The van der Waals surface area contributed by atoms with E-state index in [9.17, 15) is 4.79 Å². The van der Waals surface area contributed by atoms with E-state index >= 15 is 0 Å². The summed E-state index contributed by atoms with van der Waals surface area (Å²) in [6.45, 7) is 6.01. The van der Waals surface area contributed by atoms with E-state index in [0.29, 0.717) is 6.42 Å². The molecule has 25 heavy (non-hydrogen) atoms. The molecule has 1 aromatic carbocycles. The number of aryl methyl sites for hydroxylation is 2. The second kappa shape index (κ2) is 7.14. The number of hydrogen-bond donors (Lipinski definition) is 1. The van der Waals surface area contributed by atoms with Crippen LogP contribution in [0.4, 0.5) is 10.5 Å². The molecule has 0 saturated carbocycles. The van der Waals surface area contributed by atoms with Gasteiger partial charge < -0.3 is 10.2 Å². The van der Waals surface area contributed by atoms with Gasteiger partial charge in [-0.2, -0.15) is 8.75 Å². The van der Waals surface area contributed by atoms with Gasteiger partial charge in [0.05, 0.1) is 17.4 Å². The van der Waals surface area contributed by atoms with Gasteiger partial charge in [-0.25, -0.2) is 4.79 Å². The van der Waals surface area contributed by atoms with E-state index in [1.807, 2.05) is 45.0 Å². The van der Waals surface area contributed by atoms with Crippen LogP contribution in [0.25, 0.3) is 11.0 Å². The lowest BCUT2D eigenvalue weighted by molar-refractivity contribution is 0.207. The number of hydrogen-bond acceptors (Lipinski definition) is 5. The molecule has 0 spiro atoms. The molecule has 130 valence electrons. The summed E-state index contributed by atoms with van der Waals surface area (Å²) in [6, 6.07) is 7.73. The standard InChI is InChI=1S/C18H21N5OS/c1-11-7-8-19-14(9-11)10-13(3)23(4)18(24)20-16-12(2)5-6-15-17(16)22-25-21-15/h5-9,13H,10H2,1-4H3,(H,20,24). The van der Waals surface area contributed by atoms with Crippen LogP contribution in [-0.2, 0) is 6.42 Å². The van der Waals surface area contributed by atoms with Crippen molar-refractivity contribution in [2.75, 3.05) is 12.4 Å². The van der Waals surface area contributed by atoms with E-state index in [-0.39, 0.29) is 12.1 Å². The highest BCUT2D eigenvalue weighted by atomic mass is 32.1. The van der Waals surface area contributed by atoms with Crippen molar-refractivity contribution in [3.8, 4) is 0 Å². The van der Waals surface area contributed by atoms with Crippen molar-refractivity contribution in [1.29, 1.82) is 0 Å². The third-order valence-electron chi connectivity index (χ3n) is 4.33. The molecule has 1 N–H and O–H groups in total. The van der Waals surface area contributed by atoms with E-state index in [1.54, 1.807) is 18.1 Å². The molecule has 0 aliphatic heterocycles. The van der Waals surface area contributed by atoms with Crippen molar-refractivity contribution in [3.63, 3.8) is 0 Å². The molecule has 1 unspecified atom stereocenters. The molecule has 0 fully saturated rings. The highest BCUT2D eigenvalue weighted by Gasteiger charge is 2.19. The predicted octanol–water partition coefficient (Wildman–Crippen LogP) is 3.80. The average molecular weight is 355 g/mol. The maximum Gasteiger partial charge on any atom is 0.321 e. The Morgan fingerprint density at radius 3 is 2.84 bits per heavy atom. The van der Waals surface area contributed by atoms with Crippen molar-refractivity contribution < 1.29 is 4.79 Å². The minimum Gasteiger partial charge on any atom is -0.324 e. The maximum absolute atomic E-state index is 12.7. The molecule has 0 bridgehead atoms. The molecule has 0 aliphatic rings. The van der Waals surface area contributed by atoms with E-state index < -0.39 is 0 Å². The molecular formula is C18H21N5OS. The van der Waals surface area contributed by atoms with Crippen LogP contribution < -0.4 is 5.32 Å². The van der Waals surface area contributed by atoms with Crippen LogP contribution in [0.1, 0.15) is 23.7 Å². The first-order valence-corrected chi connectivity index (χ1v) is 8.86. The second-order valence-corrected chi connectivity index (χ2v) is 6.84. The summed E-state index contributed by atoms with van der Waals surface area (Å²) in [6.07, 6.45) is 2.50. The zero-order valence-corrected chi connectivity index (χ0v) is 15.6. The van der Waals surface area contributed by atoms with Gasteiger partial charge >= 0.3 is 6.03 Å². The molecular weight excluding hydrogens is 334 g/mol. The third kappa shape index (κ3) is 3.76. The summed E-state index contributed by atoms with van der Waals surface area (Å²) in [5.41, 5.74) is 5.38. The smallest absolute Gasteiger partial charge is 0.321 e. The Labute approximate surface area is 151 Å². The Morgan fingerprint density at radius 2 is 2.08 bits per heavy atom. The van der Waals surface area contributed by atoms with Gasteiger partial charge in [-0.1, -0.05) is 6.07 Å². The molecule has 3 rings (SSSR count). The number of nitrogens with one attached hydrogen (secondary N) is 1. The SMILES string of the molecule is Cc1ccnc(CC(C)N(C)C(=O)Nc2c(C)ccc3nsnc23)c1. The minimum atomic E-state index is -0.163. The topological polar surface area (TPSA) is 71.0 Å². The lowest BCUT2D eigenvalue weighted by Crippen LogP contribution is -2.39. The van der Waals surface area contributed by atoms with Gasteiger partial charge in [0.25, 0.3) is 0 Å². The summed E-state index contributed by atoms with van der Waals surface area (Å²) in [5, 5.41) is 2.99. The number of anilines is 1. The molecule has 0 saturated heterocycles. The lowest BCUT2D eigenvalue weighted by atomic mass is 10.1. The second-order valence-electron chi connectivity index (χ2n) is 6.31. The molecule has 0 radical (unpaired) electrons. The zero-order valence-electron chi connectivity index (χ0n) is 14.8. The van der Waals surface area contributed by atoms with Crippen LogP contribution in [0.3, 0.4) is 0 Å². The largest absolute Gasteiger partial charge is 0.324 e. The molecule has 3 aromatic rings. The molecule has 2 amide bonds. The number of likely N-dealkylation sites (N-methyl/N-ethyl adjacent to an activating group) is 1. The van der Waals surface area contributed by atoms with Crippen LogP contribution in [0, 0.1) is 13.8 Å². The van der Waals surface area contributed by atoms with Gasteiger partial charge in [-0.05, 0) is 50.1 Å². The number of rotatable bonds is 4. The van der Waals surface area contributed by atoms with Crippen LogP contribution in [-0.4, -0.2) is 37.8 Å². The fraction of sp³-hybridized carbons (Fsp3) is 0.333. The quantitative estimate of drug-likeness (QED) is 0.773. The molecule has 7 heteroatoms. The number of carbonyl (C=O) groups is 1. The van der Waals surface area contributed by atoms with Crippen LogP contribution in [0.15, 0.2) is 30.5 Å². The van der Waals surface area contributed by atoms with Crippen LogP contribution >= 0.6 is 11.7 Å². The van der Waals surface area contributed by atoms with Crippen molar-refractivity contribution in [2.45, 2.75) is 33.2 Å². The van der Waals surface area contributed by atoms with Gasteiger partial charge in [0, 0.05) is 31.4 Å². The summed E-state index contributed by atoms with van der Waals surface area (Å²) < 4.78 is 8.53. The Hall–Kier alpha value is -2.54. The molecule has 1 atom stereocenters. The normalized spacial score (nSPS) is 12.2. The van der Waals surface area contributed by atoms with Crippen LogP contribution in [0.2, 0.25) is 0 Å². The van der Waals surface area contributed by atoms with Gasteiger partial charge in [-0.15, -0.1) is 0 Å². The molecule has 6 nitrogen and oxygen atoms in total. The van der Waals surface area contributed by atoms with Gasteiger partial charge in [-0.3, -0.25) is 4.98 Å². The van der Waals surface area contributed by atoms with E-state index in [0.717, 1.165) is 39.7 Å². The molecule has 0 aliphatic carbocycles. The average Bonchev–Trinajstić information content (AvgIpc) is 3.05. The Balaban J connectivity index is 1.73. The van der Waals surface area contributed by atoms with Gasteiger partial charge in [0.1, 0.15) is 11.0 Å². The Kier molecular flexibility index (Phi) is 4.94. The maximum atomic E-state index is 12.7. The van der Waals surface area contributed by atoms with Crippen LogP contribution in [0.5, 0.6) is 0 Å². The number of nitrogens with zero attached hydrogens (tertiary/aromatic N) is 4. The fourth-order valence-corrected chi connectivity index (χ4v) is 3.20. The monoisotopic (exact) mass is 355 g/mol. The number of urea groups is 1. The first-order chi connectivity index (χ1) is 12.0. The Bertz CT molecular complexity index is 907. The summed E-state index contributed by atoms with van der Waals surface area (Å²) in [7, 11) is 1.80. The van der Waals surface area contributed by atoms with Crippen molar-refractivity contribution in [2.24, 2.45) is 0 Å². The van der Waals surface area contributed by atoms with Crippen molar-refractivity contribution in [1.82, 2.24) is 18.6 Å². The zero-order chi connectivity index (χ0) is 18.0. The van der Waals surface area contributed by atoms with E-state index in [2.05, 4.69) is 19.0 Å². The number of benzene rings is 1. The highest BCUT2D eigenvalue weighted by molar-refractivity contribution is 7.00. The first-order valence-electron chi connectivity index (χ1n) is 8.13. The van der Waals surface area contributed by atoms with Crippen molar-refractivity contribution >= 4 is 34.5 Å². The number of amides is 2. The van der Waals surface area contributed by atoms with Gasteiger partial charge in [0.15, 0.2) is 0 Å². The molecule has 2 heterocycles. The highest BCUT2D eigenvalue weighted by Crippen LogP contribution is 2.26. The number of aromatic nitrogens is 3. The fourth-order valence-electron chi connectivity index (χ4n) is 2.66. The first kappa shape index (κ1) is 17.3. The Morgan fingerprint density at radius 1 is 1.28 bits per heavy atom. The summed E-state index contributed by atoms with van der Waals surface area (Å²) in [4.78, 5) is 18.8. The minimum absolute atomic E-state index is 0.0161. The molecule has 2 aromatic heterocycles.